The molecular weight excluding hydrogens is 400 g/mol. The number of benzene rings is 2. The average molecular weight is 419 g/mol. The van der Waals surface area contributed by atoms with Gasteiger partial charge in [-0.3, -0.25) is 4.90 Å². The molecule has 1 aliphatic heterocycles. The molecule has 1 aliphatic rings. The smallest absolute Gasteiger partial charge is 0.241 e. The van der Waals surface area contributed by atoms with E-state index in [0.29, 0.717) is 47.7 Å². The fourth-order valence-corrected chi connectivity index (χ4v) is 4.61. The van der Waals surface area contributed by atoms with E-state index in [0.717, 1.165) is 16.7 Å². The summed E-state index contributed by atoms with van der Waals surface area (Å²) in [6, 6.07) is 12.7. The van der Waals surface area contributed by atoms with E-state index in [-0.39, 0.29) is 0 Å². The van der Waals surface area contributed by atoms with E-state index >= 15 is 0 Å². The highest BCUT2D eigenvalue weighted by molar-refractivity contribution is 7.89. The lowest BCUT2D eigenvalue weighted by molar-refractivity contribution is 0.209. The molecule has 3 aromatic rings. The number of nitrogens with one attached hydrogen (secondary N) is 1. The van der Waals surface area contributed by atoms with Gasteiger partial charge in [0.05, 0.1) is 11.4 Å². The first-order valence-corrected chi connectivity index (χ1v) is 10.7. The van der Waals surface area contributed by atoms with Crippen LogP contribution in [0.1, 0.15) is 17.0 Å². The van der Waals surface area contributed by atoms with Crippen molar-refractivity contribution in [2.75, 3.05) is 13.6 Å². The van der Waals surface area contributed by atoms with Crippen LogP contribution < -0.4 is 4.72 Å². The summed E-state index contributed by atoms with van der Waals surface area (Å²) in [4.78, 5) is 6.97. The standard InChI is InChI=1S/C19H19ClN4O3S/c1-21-28(25,26)17-7-3-5-14-11-24(9-8-16(14)17)12-18-22-19(23-27-18)13-4-2-6-15(20)10-13/h2-7,10,21H,8-9,11-12H2,1H3. The molecule has 1 N–H and O–H groups in total. The highest BCUT2D eigenvalue weighted by atomic mass is 35.5. The summed E-state index contributed by atoms with van der Waals surface area (Å²) in [5.74, 6) is 1.01. The third-order valence-corrected chi connectivity index (χ3v) is 6.50. The molecule has 28 heavy (non-hydrogen) atoms. The summed E-state index contributed by atoms with van der Waals surface area (Å²) in [5, 5.41) is 4.65. The zero-order valence-electron chi connectivity index (χ0n) is 15.2. The number of sulfonamides is 1. The van der Waals surface area contributed by atoms with E-state index in [9.17, 15) is 8.42 Å². The van der Waals surface area contributed by atoms with Gasteiger partial charge in [-0.25, -0.2) is 13.1 Å². The Morgan fingerprint density at radius 1 is 1.25 bits per heavy atom. The van der Waals surface area contributed by atoms with Gasteiger partial charge in [0.25, 0.3) is 0 Å². The molecule has 0 atom stereocenters. The Morgan fingerprint density at radius 3 is 2.86 bits per heavy atom. The van der Waals surface area contributed by atoms with Crippen LogP contribution in [0.4, 0.5) is 0 Å². The van der Waals surface area contributed by atoms with Crippen molar-refractivity contribution < 1.29 is 12.9 Å². The van der Waals surface area contributed by atoms with Crippen LogP contribution in [0.25, 0.3) is 11.4 Å². The largest absolute Gasteiger partial charge is 0.338 e. The van der Waals surface area contributed by atoms with E-state index in [4.69, 9.17) is 16.1 Å². The van der Waals surface area contributed by atoms with Crippen molar-refractivity contribution in [3.05, 3.63) is 64.5 Å². The summed E-state index contributed by atoms with van der Waals surface area (Å²) in [5.41, 5.74) is 2.67. The molecule has 146 valence electrons. The van der Waals surface area contributed by atoms with Crippen LogP contribution in [-0.2, 0) is 29.5 Å². The molecule has 2 heterocycles. The molecule has 2 aromatic carbocycles. The van der Waals surface area contributed by atoms with Crippen molar-refractivity contribution in [3.8, 4) is 11.4 Å². The first-order chi connectivity index (χ1) is 13.5. The Labute approximate surface area is 168 Å². The molecule has 0 saturated carbocycles. The summed E-state index contributed by atoms with van der Waals surface area (Å²) < 4.78 is 32.3. The molecule has 0 amide bonds. The number of aromatic nitrogens is 2. The summed E-state index contributed by atoms with van der Waals surface area (Å²) in [6.07, 6.45) is 0.641. The third kappa shape index (κ3) is 3.81. The number of hydrogen-bond donors (Lipinski definition) is 1. The zero-order valence-corrected chi connectivity index (χ0v) is 16.8. The zero-order chi connectivity index (χ0) is 19.7. The van der Waals surface area contributed by atoms with Gasteiger partial charge in [-0.15, -0.1) is 0 Å². The van der Waals surface area contributed by atoms with Gasteiger partial charge in [0.1, 0.15) is 0 Å². The topological polar surface area (TPSA) is 88.3 Å². The van der Waals surface area contributed by atoms with Crippen molar-refractivity contribution in [3.63, 3.8) is 0 Å². The molecular formula is C19H19ClN4O3S. The van der Waals surface area contributed by atoms with Crippen LogP contribution in [0.15, 0.2) is 51.9 Å². The third-order valence-electron chi connectivity index (χ3n) is 4.77. The SMILES string of the molecule is CNS(=O)(=O)c1cccc2c1CCN(Cc1nc(-c3cccc(Cl)c3)no1)C2. The van der Waals surface area contributed by atoms with Crippen molar-refractivity contribution in [1.29, 1.82) is 0 Å². The molecule has 0 radical (unpaired) electrons. The predicted octanol–water partition coefficient (Wildman–Crippen LogP) is 2.86. The maximum absolute atomic E-state index is 12.2. The quantitative estimate of drug-likeness (QED) is 0.685. The first-order valence-electron chi connectivity index (χ1n) is 8.81. The minimum atomic E-state index is -3.47. The lowest BCUT2D eigenvalue weighted by Gasteiger charge is -2.28. The van der Waals surface area contributed by atoms with Gasteiger partial charge in [0.2, 0.25) is 21.7 Å². The fourth-order valence-electron chi connectivity index (χ4n) is 3.38. The number of hydrogen-bond acceptors (Lipinski definition) is 6. The maximum Gasteiger partial charge on any atom is 0.241 e. The Bertz CT molecular complexity index is 1110. The summed E-state index contributed by atoms with van der Waals surface area (Å²) in [6.45, 7) is 1.82. The summed E-state index contributed by atoms with van der Waals surface area (Å²) >= 11 is 6.02. The molecule has 1 aromatic heterocycles. The van der Waals surface area contributed by atoms with Crippen LogP contribution in [0, 0.1) is 0 Å². The molecule has 0 bridgehead atoms. The Morgan fingerprint density at radius 2 is 2.07 bits per heavy atom. The molecule has 0 unspecified atom stereocenters. The van der Waals surface area contributed by atoms with E-state index in [1.54, 1.807) is 24.3 Å². The second-order valence-corrected chi connectivity index (χ2v) is 8.88. The lowest BCUT2D eigenvalue weighted by atomic mass is 10.00. The average Bonchev–Trinajstić information content (AvgIpc) is 3.16. The Hall–Kier alpha value is -2.26. The minimum absolute atomic E-state index is 0.355. The van der Waals surface area contributed by atoms with Gasteiger partial charge in [-0.05, 0) is 42.8 Å². The van der Waals surface area contributed by atoms with E-state index in [2.05, 4.69) is 19.8 Å². The molecule has 0 fully saturated rings. The highest BCUT2D eigenvalue weighted by Gasteiger charge is 2.25. The number of nitrogens with zero attached hydrogens (tertiary/aromatic N) is 3. The van der Waals surface area contributed by atoms with Gasteiger partial charge < -0.3 is 4.52 Å². The van der Waals surface area contributed by atoms with Gasteiger partial charge in [-0.2, -0.15) is 4.98 Å². The number of fused-ring (bicyclic) bond motifs is 1. The van der Waals surface area contributed by atoms with Gasteiger partial charge in [0.15, 0.2) is 0 Å². The summed E-state index contributed by atoms with van der Waals surface area (Å²) in [7, 11) is -2.04. The molecule has 0 aliphatic carbocycles. The van der Waals surface area contributed by atoms with Gasteiger partial charge in [-0.1, -0.05) is 41.0 Å². The fraction of sp³-hybridized carbons (Fsp3) is 0.263. The second-order valence-electron chi connectivity index (χ2n) is 6.58. The molecule has 0 saturated heterocycles. The van der Waals surface area contributed by atoms with E-state index < -0.39 is 10.0 Å². The second kappa shape index (κ2) is 7.63. The van der Waals surface area contributed by atoms with Crippen LogP contribution in [0.3, 0.4) is 0 Å². The van der Waals surface area contributed by atoms with Crippen LogP contribution in [0.2, 0.25) is 5.02 Å². The molecule has 9 heteroatoms. The maximum atomic E-state index is 12.2. The minimum Gasteiger partial charge on any atom is -0.338 e. The Kier molecular flexibility index (Phi) is 5.20. The molecule has 0 spiro atoms. The van der Waals surface area contributed by atoms with E-state index in [1.165, 1.54) is 7.05 Å². The van der Waals surface area contributed by atoms with Crippen molar-refractivity contribution >= 4 is 21.6 Å². The Balaban J connectivity index is 1.51. The van der Waals surface area contributed by atoms with Crippen molar-refractivity contribution in [1.82, 2.24) is 19.8 Å². The first kappa shape index (κ1) is 19.1. The number of rotatable bonds is 5. The van der Waals surface area contributed by atoms with Crippen LogP contribution >= 0.6 is 11.6 Å². The van der Waals surface area contributed by atoms with Crippen molar-refractivity contribution in [2.45, 2.75) is 24.4 Å². The van der Waals surface area contributed by atoms with Crippen LogP contribution in [-0.4, -0.2) is 37.1 Å². The van der Waals surface area contributed by atoms with Crippen LogP contribution in [0.5, 0.6) is 0 Å². The molecule has 7 nitrogen and oxygen atoms in total. The number of halogens is 1. The normalized spacial score (nSPS) is 14.8. The highest BCUT2D eigenvalue weighted by Crippen LogP contribution is 2.27. The molecule has 4 rings (SSSR count). The van der Waals surface area contributed by atoms with Gasteiger partial charge >= 0.3 is 0 Å². The monoisotopic (exact) mass is 418 g/mol. The van der Waals surface area contributed by atoms with Gasteiger partial charge in [0, 0.05) is 23.7 Å². The van der Waals surface area contributed by atoms with Crippen molar-refractivity contribution in [2.24, 2.45) is 0 Å². The van der Waals surface area contributed by atoms with E-state index in [1.807, 2.05) is 18.2 Å². The predicted molar refractivity (Wildman–Crippen MR) is 105 cm³/mol. The lowest BCUT2D eigenvalue weighted by Crippen LogP contribution is -2.32.